The molecule has 3 aromatic rings. The molecule has 21 heavy (non-hydrogen) atoms. The van der Waals surface area contributed by atoms with Crippen LogP contribution in [0.5, 0.6) is 0 Å². The van der Waals surface area contributed by atoms with Crippen molar-refractivity contribution in [2.45, 2.75) is 26.4 Å². The van der Waals surface area contributed by atoms with E-state index in [1.165, 1.54) is 16.5 Å². The maximum atomic E-state index is 5.81. The van der Waals surface area contributed by atoms with E-state index < -0.39 is 0 Å². The van der Waals surface area contributed by atoms with Gasteiger partial charge in [-0.05, 0) is 31.5 Å². The number of hydrogen-bond acceptors (Lipinski definition) is 2. The molecule has 0 unspecified atom stereocenters. The Morgan fingerprint density at radius 3 is 2.62 bits per heavy atom. The van der Waals surface area contributed by atoms with Gasteiger partial charge in [0, 0.05) is 28.0 Å². The molecule has 1 N–H and O–H groups in total. The molecule has 108 valence electrons. The fraction of sp³-hybridized carbons (Fsp3) is 0.222. The first-order chi connectivity index (χ1) is 10.2. The topological polar surface area (TPSA) is 25.2 Å². The van der Waals surface area contributed by atoms with Crippen LogP contribution in [-0.2, 0) is 6.54 Å². The van der Waals surface area contributed by atoms with Gasteiger partial charge in [-0.2, -0.15) is 0 Å². The summed E-state index contributed by atoms with van der Waals surface area (Å²) in [5.41, 5.74) is 3.47. The number of furan rings is 1. The minimum absolute atomic E-state index is 0.272. The number of nitrogens with one attached hydrogen (secondary N) is 1. The summed E-state index contributed by atoms with van der Waals surface area (Å²) in [4.78, 5) is 0. The lowest BCUT2D eigenvalue weighted by atomic mass is 10.1. The molecule has 0 spiro atoms. The average Bonchev–Trinajstić information content (AvgIpc) is 2.81. The Kier molecular flexibility index (Phi) is 4.13. The number of hydrogen-bond donors (Lipinski definition) is 1. The van der Waals surface area contributed by atoms with Crippen LogP contribution in [0.2, 0.25) is 0 Å². The Bertz CT molecular complexity index is 763. The largest absolute Gasteiger partial charge is 0.461 e. The Morgan fingerprint density at radius 1 is 1.10 bits per heavy atom. The van der Waals surface area contributed by atoms with Crippen LogP contribution >= 0.6 is 15.9 Å². The molecule has 1 atom stereocenters. The van der Waals surface area contributed by atoms with Crippen LogP contribution in [0, 0.1) is 6.92 Å². The SMILES string of the molecule is Cc1oc2ccccc2c1CN[C@@H](C)c1ccccc1Br. The van der Waals surface area contributed by atoms with Crippen LogP contribution in [0.25, 0.3) is 11.0 Å². The Balaban J connectivity index is 1.81. The number of fused-ring (bicyclic) bond motifs is 1. The number of benzene rings is 2. The standard InChI is InChI=1S/C18H18BrNO/c1-12(14-7-3-5-9-17(14)19)20-11-16-13(2)21-18-10-6-4-8-15(16)18/h3-10,12,20H,11H2,1-2H3/t12-/m0/s1. The van der Waals surface area contributed by atoms with Gasteiger partial charge in [-0.25, -0.2) is 0 Å². The van der Waals surface area contributed by atoms with Gasteiger partial charge in [0.25, 0.3) is 0 Å². The molecular weight excluding hydrogens is 326 g/mol. The van der Waals surface area contributed by atoms with Gasteiger partial charge >= 0.3 is 0 Å². The van der Waals surface area contributed by atoms with Crippen LogP contribution in [0.3, 0.4) is 0 Å². The summed E-state index contributed by atoms with van der Waals surface area (Å²) in [7, 11) is 0. The predicted molar refractivity (Wildman–Crippen MR) is 90.3 cm³/mol. The quantitative estimate of drug-likeness (QED) is 0.690. The lowest BCUT2D eigenvalue weighted by molar-refractivity contribution is 0.543. The highest BCUT2D eigenvalue weighted by Gasteiger charge is 2.13. The zero-order chi connectivity index (χ0) is 14.8. The molecule has 2 nitrogen and oxygen atoms in total. The van der Waals surface area contributed by atoms with Gasteiger partial charge in [-0.3, -0.25) is 0 Å². The van der Waals surface area contributed by atoms with Crippen molar-refractivity contribution in [2.75, 3.05) is 0 Å². The highest BCUT2D eigenvalue weighted by Crippen LogP contribution is 2.27. The van der Waals surface area contributed by atoms with Crippen molar-refractivity contribution in [3.63, 3.8) is 0 Å². The lowest BCUT2D eigenvalue weighted by Crippen LogP contribution is -2.18. The molecule has 0 aliphatic carbocycles. The van der Waals surface area contributed by atoms with Crippen LogP contribution in [0.4, 0.5) is 0 Å². The van der Waals surface area contributed by atoms with Crippen molar-refractivity contribution in [3.05, 3.63) is 69.9 Å². The van der Waals surface area contributed by atoms with Crippen molar-refractivity contribution in [1.29, 1.82) is 0 Å². The van der Waals surface area contributed by atoms with E-state index in [0.29, 0.717) is 0 Å². The molecule has 0 saturated carbocycles. The summed E-state index contributed by atoms with van der Waals surface area (Å²) in [5, 5.41) is 4.78. The molecule has 1 heterocycles. The minimum Gasteiger partial charge on any atom is -0.461 e. The summed E-state index contributed by atoms with van der Waals surface area (Å²) in [6.45, 7) is 5.00. The monoisotopic (exact) mass is 343 g/mol. The highest BCUT2D eigenvalue weighted by atomic mass is 79.9. The van der Waals surface area contributed by atoms with Crippen molar-refractivity contribution in [1.82, 2.24) is 5.32 Å². The smallest absolute Gasteiger partial charge is 0.134 e. The van der Waals surface area contributed by atoms with Crippen molar-refractivity contribution in [3.8, 4) is 0 Å². The van der Waals surface area contributed by atoms with Crippen molar-refractivity contribution < 1.29 is 4.42 Å². The molecule has 1 aromatic heterocycles. The third-order valence-electron chi connectivity index (χ3n) is 3.86. The number of aryl methyl sites for hydroxylation is 1. The van der Waals surface area contributed by atoms with E-state index in [-0.39, 0.29) is 6.04 Å². The van der Waals surface area contributed by atoms with E-state index in [2.05, 4.69) is 58.5 Å². The fourth-order valence-corrected chi connectivity index (χ4v) is 3.26. The molecule has 0 aliphatic heterocycles. The fourth-order valence-electron chi connectivity index (χ4n) is 2.63. The molecular formula is C18H18BrNO. The van der Waals surface area contributed by atoms with Crippen LogP contribution in [0.1, 0.15) is 29.9 Å². The second kappa shape index (κ2) is 6.04. The molecule has 0 radical (unpaired) electrons. The zero-order valence-electron chi connectivity index (χ0n) is 12.2. The second-order valence-electron chi connectivity index (χ2n) is 5.26. The van der Waals surface area contributed by atoms with Gasteiger partial charge < -0.3 is 9.73 Å². The first kappa shape index (κ1) is 14.4. The molecule has 0 bridgehead atoms. The van der Waals surface area contributed by atoms with Crippen LogP contribution in [0.15, 0.2) is 57.4 Å². The summed E-state index contributed by atoms with van der Waals surface area (Å²) in [6.07, 6.45) is 0. The lowest BCUT2D eigenvalue weighted by Gasteiger charge is -2.15. The second-order valence-corrected chi connectivity index (χ2v) is 6.11. The molecule has 2 aromatic carbocycles. The van der Waals surface area contributed by atoms with Gasteiger partial charge in [0.1, 0.15) is 11.3 Å². The van der Waals surface area contributed by atoms with Crippen LogP contribution in [-0.4, -0.2) is 0 Å². The predicted octanol–water partition coefficient (Wildman–Crippen LogP) is 5.35. The van der Waals surface area contributed by atoms with E-state index in [4.69, 9.17) is 4.42 Å². The van der Waals surface area contributed by atoms with E-state index >= 15 is 0 Å². The third-order valence-corrected chi connectivity index (χ3v) is 4.58. The van der Waals surface area contributed by atoms with Crippen LogP contribution < -0.4 is 5.32 Å². The molecule has 0 fully saturated rings. The number of rotatable bonds is 4. The Labute approximate surface area is 133 Å². The zero-order valence-corrected chi connectivity index (χ0v) is 13.8. The van der Waals surface area contributed by atoms with Crippen molar-refractivity contribution >= 4 is 26.9 Å². The maximum Gasteiger partial charge on any atom is 0.134 e. The van der Waals surface area contributed by atoms with Gasteiger partial charge in [-0.1, -0.05) is 52.3 Å². The average molecular weight is 344 g/mol. The molecule has 0 aliphatic rings. The Hall–Kier alpha value is -1.58. The normalized spacial score (nSPS) is 12.7. The molecule has 0 saturated heterocycles. The van der Waals surface area contributed by atoms with Gasteiger partial charge in [0.15, 0.2) is 0 Å². The van der Waals surface area contributed by atoms with E-state index in [9.17, 15) is 0 Å². The van der Waals surface area contributed by atoms with Gasteiger partial charge in [-0.15, -0.1) is 0 Å². The maximum absolute atomic E-state index is 5.81. The molecule has 3 heteroatoms. The van der Waals surface area contributed by atoms with E-state index in [0.717, 1.165) is 22.4 Å². The Morgan fingerprint density at radius 2 is 1.81 bits per heavy atom. The molecule has 3 rings (SSSR count). The number of para-hydroxylation sites is 1. The van der Waals surface area contributed by atoms with Crippen molar-refractivity contribution in [2.24, 2.45) is 0 Å². The van der Waals surface area contributed by atoms with E-state index in [1.54, 1.807) is 0 Å². The summed E-state index contributed by atoms with van der Waals surface area (Å²) < 4.78 is 6.95. The van der Waals surface area contributed by atoms with Gasteiger partial charge in [0.05, 0.1) is 0 Å². The first-order valence-corrected chi connectivity index (χ1v) is 7.91. The third kappa shape index (κ3) is 2.89. The minimum atomic E-state index is 0.272. The van der Waals surface area contributed by atoms with E-state index in [1.807, 2.05) is 25.1 Å². The first-order valence-electron chi connectivity index (χ1n) is 7.11. The number of halogens is 1. The summed E-state index contributed by atoms with van der Waals surface area (Å²) >= 11 is 3.61. The molecule has 0 amide bonds. The van der Waals surface area contributed by atoms with Gasteiger partial charge in [0.2, 0.25) is 0 Å². The summed E-state index contributed by atoms with van der Waals surface area (Å²) in [6, 6.07) is 16.8. The summed E-state index contributed by atoms with van der Waals surface area (Å²) in [5.74, 6) is 0.989. The highest BCUT2D eigenvalue weighted by molar-refractivity contribution is 9.10.